The van der Waals surface area contributed by atoms with Gasteiger partial charge in [-0.2, -0.15) is 0 Å². The Bertz CT molecular complexity index is 455. The van der Waals surface area contributed by atoms with Crippen LogP contribution in [0, 0.1) is 5.82 Å². The summed E-state index contributed by atoms with van der Waals surface area (Å²) in [6, 6.07) is 3.10. The Morgan fingerprint density at radius 3 is 2.74 bits per heavy atom. The molecule has 1 saturated carbocycles. The van der Waals surface area contributed by atoms with E-state index in [9.17, 15) is 4.39 Å². The molecule has 2 nitrogen and oxygen atoms in total. The van der Waals surface area contributed by atoms with Gasteiger partial charge in [-0.25, -0.2) is 4.39 Å². The molecular formula is C14H18Cl2FNO. The summed E-state index contributed by atoms with van der Waals surface area (Å²) in [6.45, 7) is 1.97. The van der Waals surface area contributed by atoms with Crippen LogP contribution in [-0.2, 0) is 4.74 Å². The third-order valence-corrected chi connectivity index (χ3v) is 4.34. The number of ether oxygens (including phenoxy) is 1. The quantitative estimate of drug-likeness (QED) is 0.835. The van der Waals surface area contributed by atoms with Crippen molar-refractivity contribution in [1.29, 1.82) is 0 Å². The lowest BCUT2D eigenvalue weighted by molar-refractivity contribution is 0.0819. The van der Waals surface area contributed by atoms with Crippen molar-refractivity contribution in [3.63, 3.8) is 0 Å². The van der Waals surface area contributed by atoms with Gasteiger partial charge >= 0.3 is 0 Å². The molecule has 0 aromatic heterocycles. The SMILES string of the molecule is COC1CCCC1NC(C)c1cc(F)c(Cl)cc1Cl. The van der Waals surface area contributed by atoms with Gasteiger partial charge in [-0.05, 0) is 43.9 Å². The fourth-order valence-electron chi connectivity index (χ4n) is 2.68. The van der Waals surface area contributed by atoms with Crippen LogP contribution in [0.15, 0.2) is 12.1 Å². The molecule has 0 spiro atoms. The first kappa shape index (κ1) is 15.0. The van der Waals surface area contributed by atoms with Gasteiger partial charge in [0.2, 0.25) is 0 Å². The summed E-state index contributed by atoms with van der Waals surface area (Å²) < 4.78 is 19.0. The van der Waals surface area contributed by atoms with Crippen molar-refractivity contribution in [2.45, 2.75) is 44.4 Å². The maximum absolute atomic E-state index is 13.5. The van der Waals surface area contributed by atoms with Crippen LogP contribution in [0.1, 0.15) is 37.8 Å². The second-order valence-corrected chi connectivity index (χ2v) is 5.80. The molecule has 0 saturated heterocycles. The van der Waals surface area contributed by atoms with Gasteiger partial charge in [0, 0.05) is 24.2 Å². The highest BCUT2D eigenvalue weighted by Gasteiger charge is 2.28. The average Bonchev–Trinajstić information content (AvgIpc) is 2.80. The highest BCUT2D eigenvalue weighted by Crippen LogP contribution is 2.30. The number of nitrogens with one attached hydrogen (secondary N) is 1. The summed E-state index contributed by atoms with van der Waals surface area (Å²) in [7, 11) is 1.73. The summed E-state index contributed by atoms with van der Waals surface area (Å²) in [5.74, 6) is -0.440. The molecule has 1 aromatic carbocycles. The number of hydrogen-bond donors (Lipinski definition) is 1. The third-order valence-electron chi connectivity index (χ3n) is 3.73. The highest BCUT2D eigenvalue weighted by molar-refractivity contribution is 6.35. The highest BCUT2D eigenvalue weighted by atomic mass is 35.5. The van der Waals surface area contributed by atoms with E-state index in [0.29, 0.717) is 5.02 Å². The second-order valence-electron chi connectivity index (χ2n) is 4.99. The van der Waals surface area contributed by atoms with Crippen molar-refractivity contribution in [3.05, 3.63) is 33.6 Å². The van der Waals surface area contributed by atoms with Gasteiger partial charge in [-0.15, -0.1) is 0 Å². The Labute approximate surface area is 123 Å². The molecule has 106 valence electrons. The first-order valence-electron chi connectivity index (χ1n) is 6.46. The molecule has 0 aliphatic heterocycles. The molecule has 2 rings (SSSR count). The summed E-state index contributed by atoms with van der Waals surface area (Å²) >= 11 is 11.8. The maximum Gasteiger partial charge on any atom is 0.142 e. The van der Waals surface area contributed by atoms with Gasteiger partial charge in [-0.3, -0.25) is 0 Å². The second kappa shape index (κ2) is 6.40. The molecule has 3 atom stereocenters. The molecule has 1 aromatic rings. The normalized spacial score (nSPS) is 24.7. The predicted molar refractivity (Wildman–Crippen MR) is 76.4 cm³/mol. The molecule has 1 aliphatic rings. The standard InChI is InChI=1S/C14H18Cl2FNO/c1-8(18-13-4-3-5-14(13)19-2)9-6-12(17)11(16)7-10(9)15/h6-8,13-14,18H,3-5H2,1-2H3. The van der Waals surface area contributed by atoms with E-state index >= 15 is 0 Å². The van der Waals surface area contributed by atoms with Crippen molar-refractivity contribution in [1.82, 2.24) is 5.32 Å². The van der Waals surface area contributed by atoms with E-state index in [1.807, 2.05) is 6.92 Å². The lowest BCUT2D eigenvalue weighted by Gasteiger charge is -2.25. The van der Waals surface area contributed by atoms with Crippen molar-refractivity contribution in [2.75, 3.05) is 7.11 Å². The van der Waals surface area contributed by atoms with Crippen molar-refractivity contribution in [3.8, 4) is 0 Å². The average molecular weight is 306 g/mol. The summed E-state index contributed by atoms with van der Waals surface area (Å²) in [4.78, 5) is 0. The van der Waals surface area contributed by atoms with Crippen LogP contribution < -0.4 is 5.32 Å². The number of benzene rings is 1. The van der Waals surface area contributed by atoms with Crippen molar-refractivity contribution < 1.29 is 9.13 Å². The Morgan fingerprint density at radius 2 is 2.05 bits per heavy atom. The molecule has 1 aliphatic carbocycles. The third kappa shape index (κ3) is 3.40. The molecule has 0 bridgehead atoms. The summed E-state index contributed by atoms with van der Waals surface area (Å²) in [6.07, 6.45) is 3.49. The Balaban J connectivity index is 2.11. The lowest BCUT2D eigenvalue weighted by atomic mass is 10.1. The topological polar surface area (TPSA) is 21.3 Å². The Hall–Kier alpha value is -0.350. The Kier molecular flexibility index (Phi) is 5.07. The first-order chi connectivity index (χ1) is 9.02. The van der Waals surface area contributed by atoms with Gasteiger partial charge in [0.05, 0.1) is 11.1 Å². The molecule has 0 heterocycles. The summed E-state index contributed by atoms with van der Waals surface area (Å²) in [5.41, 5.74) is 0.727. The van der Waals surface area contributed by atoms with E-state index in [4.69, 9.17) is 27.9 Å². The predicted octanol–water partition coefficient (Wildman–Crippen LogP) is 4.35. The fourth-order valence-corrected chi connectivity index (χ4v) is 3.23. The van der Waals surface area contributed by atoms with Gasteiger partial charge < -0.3 is 10.1 Å². The van der Waals surface area contributed by atoms with Crippen LogP contribution in [0.2, 0.25) is 10.0 Å². The zero-order chi connectivity index (χ0) is 14.0. The molecule has 3 unspecified atom stereocenters. The van der Waals surface area contributed by atoms with E-state index in [1.54, 1.807) is 7.11 Å². The molecule has 0 radical (unpaired) electrons. The van der Waals surface area contributed by atoms with E-state index in [2.05, 4.69) is 5.32 Å². The van der Waals surface area contributed by atoms with E-state index in [-0.39, 0.29) is 23.2 Å². The van der Waals surface area contributed by atoms with Gasteiger partial charge in [0.25, 0.3) is 0 Å². The lowest BCUT2D eigenvalue weighted by Crippen LogP contribution is -2.38. The summed E-state index contributed by atoms with van der Waals surface area (Å²) in [5, 5.41) is 4.00. The number of hydrogen-bond acceptors (Lipinski definition) is 2. The molecule has 0 amide bonds. The van der Waals surface area contributed by atoms with Crippen molar-refractivity contribution in [2.24, 2.45) is 0 Å². The number of halogens is 3. The minimum atomic E-state index is -0.440. The minimum Gasteiger partial charge on any atom is -0.380 e. The largest absolute Gasteiger partial charge is 0.380 e. The molecule has 1 N–H and O–H groups in total. The molecule has 5 heteroatoms. The van der Waals surface area contributed by atoms with E-state index in [1.165, 1.54) is 12.1 Å². The zero-order valence-corrected chi connectivity index (χ0v) is 12.6. The van der Waals surface area contributed by atoms with Gasteiger partial charge in [-0.1, -0.05) is 23.2 Å². The number of rotatable bonds is 4. The first-order valence-corrected chi connectivity index (χ1v) is 7.21. The maximum atomic E-state index is 13.5. The molecule has 1 fully saturated rings. The van der Waals surface area contributed by atoms with Crippen LogP contribution in [-0.4, -0.2) is 19.3 Å². The van der Waals surface area contributed by atoms with E-state index in [0.717, 1.165) is 24.8 Å². The van der Waals surface area contributed by atoms with E-state index < -0.39 is 5.82 Å². The minimum absolute atomic E-state index is 0.0417. The zero-order valence-electron chi connectivity index (χ0n) is 11.1. The monoisotopic (exact) mass is 305 g/mol. The fraction of sp³-hybridized carbons (Fsp3) is 0.571. The van der Waals surface area contributed by atoms with Crippen LogP contribution in [0.4, 0.5) is 4.39 Å². The van der Waals surface area contributed by atoms with Crippen LogP contribution >= 0.6 is 23.2 Å². The smallest absolute Gasteiger partial charge is 0.142 e. The Morgan fingerprint density at radius 1 is 1.32 bits per heavy atom. The van der Waals surface area contributed by atoms with Gasteiger partial charge in [0.15, 0.2) is 0 Å². The molecule has 19 heavy (non-hydrogen) atoms. The number of methoxy groups -OCH3 is 1. The van der Waals surface area contributed by atoms with Crippen LogP contribution in [0.3, 0.4) is 0 Å². The van der Waals surface area contributed by atoms with Crippen LogP contribution in [0.5, 0.6) is 0 Å². The van der Waals surface area contributed by atoms with Gasteiger partial charge in [0.1, 0.15) is 5.82 Å². The van der Waals surface area contributed by atoms with Crippen molar-refractivity contribution >= 4 is 23.2 Å². The molecular weight excluding hydrogens is 288 g/mol. The van der Waals surface area contributed by atoms with Crippen LogP contribution in [0.25, 0.3) is 0 Å².